The molecule has 0 bridgehead atoms. The second kappa shape index (κ2) is 10.7. The molecule has 0 aromatic heterocycles. The van der Waals surface area contributed by atoms with Gasteiger partial charge in [-0.1, -0.05) is 67.2 Å². The summed E-state index contributed by atoms with van der Waals surface area (Å²) in [6.45, 7) is 17.9. The van der Waals surface area contributed by atoms with Gasteiger partial charge in [0.15, 0.2) is 0 Å². The van der Waals surface area contributed by atoms with Crippen LogP contribution in [0.5, 0.6) is 0 Å². The van der Waals surface area contributed by atoms with Crippen LogP contribution in [0.3, 0.4) is 0 Å². The molecule has 0 aromatic carbocycles. The maximum Gasteiger partial charge on any atom is 0.000691 e. The molecule has 1 atom stereocenters. The summed E-state index contributed by atoms with van der Waals surface area (Å²) in [6.07, 6.45) is 9.60. The minimum Gasteiger partial charge on any atom is -0.303 e. The Hall–Kier alpha value is -0.0400. The van der Waals surface area contributed by atoms with Crippen molar-refractivity contribution in [3.63, 3.8) is 0 Å². The van der Waals surface area contributed by atoms with Crippen molar-refractivity contribution in [2.45, 2.75) is 86.5 Å². The van der Waals surface area contributed by atoms with Crippen molar-refractivity contribution in [2.75, 3.05) is 19.6 Å². The van der Waals surface area contributed by atoms with Gasteiger partial charge in [-0.2, -0.15) is 0 Å². The third-order valence-corrected chi connectivity index (χ3v) is 3.96. The average molecular weight is 270 g/mol. The molecular weight excluding hydrogens is 230 g/mol. The first-order valence-electron chi connectivity index (χ1n) is 8.61. The molecule has 0 radical (unpaired) electrons. The van der Waals surface area contributed by atoms with Gasteiger partial charge in [-0.25, -0.2) is 0 Å². The van der Waals surface area contributed by atoms with Crippen LogP contribution in [0.2, 0.25) is 0 Å². The molecular formula is C18H39N. The average Bonchev–Trinajstić information content (AvgIpc) is 2.32. The van der Waals surface area contributed by atoms with Crippen molar-refractivity contribution in [3.8, 4) is 0 Å². The summed E-state index contributed by atoms with van der Waals surface area (Å²) in [5.41, 5.74) is 0.519. The molecule has 0 aliphatic rings. The fourth-order valence-corrected chi connectivity index (χ4v) is 2.52. The van der Waals surface area contributed by atoms with Gasteiger partial charge in [-0.05, 0) is 43.7 Å². The lowest BCUT2D eigenvalue weighted by molar-refractivity contribution is 0.229. The minimum absolute atomic E-state index is 0.519. The predicted octanol–water partition coefficient (Wildman–Crippen LogP) is 5.74. The topological polar surface area (TPSA) is 3.24 Å². The zero-order valence-corrected chi connectivity index (χ0v) is 14.6. The second-order valence-electron chi connectivity index (χ2n) is 7.54. The van der Waals surface area contributed by atoms with Crippen LogP contribution in [0.25, 0.3) is 0 Å². The first-order chi connectivity index (χ1) is 8.89. The number of hydrogen-bond acceptors (Lipinski definition) is 1. The molecule has 0 saturated heterocycles. The third kappa shape index (κ3) is 12.7. The Morgan fingerprint density at radius 2 is 1.53 bits per heavy atom. The van der Waals surface area contributed by atoms with E-state index in [-0.39, 0.29) is 0 Å². The van der Waals surface area contributed by atoms with E-state index in [9.17, 15) is 0 Å². The van der Waals surface area contributed by atoms with Crippen LogP contribution >= 0.6 is 0 Å². The van der Waals surface area contributed by atoms with E-state index in [0.29, 0.717) is 5.41 Å². The number of nitrogens with zero attached hydrogens (tertiary/aromatic N) is 1. The summed E-state index contributed by atoms with van der Waals surface area (Å²) >= 11 is 0. The number of rotatable bonds is 11. The summed E-state index contributed by atoms with van der Waals surface area (Å²) in [5.74, 6) is 0.854. The van der Waals surface area contributed by atoms with Gasteiger partial charge in [-0.3, -0.25) is 0 Å². The summed E-state index contributed by atoms with van der Waals surface area (Å²) in [6, 6.07) is 0. The largest absolute Gasteiger partial charge is 0.303 e. The third-order valence-electron chi connectivity index (χ3n) is 3.96. The lowest BCUT2D eigenvalue weighted by Crippen LogP contribution is -2.30. The van der Waals surface area contributed by atoms with E-state index in [2.05, 4.69) is 46.4 Å². The van der Waals surface area contributed by atoms with Gasteiger partial charge in [0.1, 0.15) is 0 Å². The zero-order chi connectivity index (χ0) is 14.7. The van der Waals surface area contributed by atoms with Crippen LogP contribution in [-0.2, 0) is 0 Å². The van der Waals surface area contributed by atoms with Gasteiger partial charge < -0.3 is 4.90 Å². The molecule has 0 aliphatic heterocycles. The fourth-order valence-electron chi connectivity index (χ4n) is 2.52. The van der Waals surface area contributed by atoms with E-state index >= 15 is 0 Å². The van der Waals surface area contributed by atoms with Crippen LogP contribution in [0.15, 0.2) is 0 Å². The lowest BCUT2D eigenvalue weighted by Gasteiger charge is -2.25. The highest BCUT2D eigenvalue weighted by molar-refractivity contribution is 4.63. The van der Waals surface area contributed by atoms with E-state index < -0.39 is 0 Å². The molecule has 0 rings (SSSR count). The van der Waals surface area contributed by atoms with E-state index in [1.165, 1.54) is 64.6 Å². The normalized spacial score (nSPS) is 14.1. The van der Waals surface area contributed by atoms with Crippen molar-refractivity contribution in [3.05, 3.63) is 0 Å². The molecule has 0 saturated carbocycles. The molecule has 0 amide bonds. The minimum atomic E-state index is 0.519. The van der Waals surface area contributed by atoms with Gasteiger partial charge >= 0.3 is 0 Å². The van der Waals surface area contributed by atoms with Gasteiger partial charge in [0.05, 0.1) is 0 Å². The molecule has 1 nitrogen and oxygen atoms in total. The number of hydrogen-bond donors (Lipinski definition) is 0. The van der Waals surface area contributed by atoms with Crippen LogP contribution in [-0.4, -0.2) is 24.5 Å². The van der Waals surface area contributed by atoms with Crippen molar-refractivity contribution >= 4 is 0 Å². The Morgan fingerprint density at radius 3 is 2.05 bits per heavy atom. The smallest absolute Gasteiger partial charge is 0.000691 e. The van der Waals surface area contributed by atoms with Crippen molar-refractivity contribution in [1.29, 1.82) is 0 Å². The SMILES string of the molecule is CCCN(CCCCCCC(C)(C)C)CC(C)CC. The van der Waals surface area contributed by atoms with Crippen LogP contribution in [0.1, 0.15) is 86.5 Å². The maximum atomic E-state index is 2.68. The Kier molecular flexibility index (Phi) is 10.7. The molecule has 0 aromatic rings. The van der Waals surface area contributed by atoms with Gasteiger partial charge in [-0.15, -0.1) is 0 Å². The Bertz CT molecular complexity index is 192. The summed E-state index contributed by atoms with van der Waals surface area (Å²) in [5, 5.41) is 0. The van der Waals surface area contributed by atoms with Gasteiger partial charge in [0.25, 0.3) is 0 Å². The van der Waals surface area contributed by atoms with E-state index in [4.69, 9.17) is 0 Å². The Morgan fingerprint density at radius 1 is 0.895 bits per heavy atom. The molecule has 1 unspecified atom stereocenters. The predicted molar refractivity (Wildman–Crippen MR) is 88.7 cm³/mol. The van der Waals surface area contributed by atoms with Crippen LogP contribution in [0, 0.1) is 11.3 Å². The first kappa shape index (κ1) is 19.0. The molecule has 0 heterocycles. The van der Waals surface area contributed by atoms with Gasteiger partial charge in [0.2, 0.25) is 0 Å². The highest BCUT2D eigenvalue weighted by atomic mass is 15.1. The van der Waals surface area contributed by atoms with E-state index in [1.807, 2.05) is 0 Å². The Labute approximate surface area is 123 Å². The van der Waals surface area contributed by atoms with Gasteiger partial charge in [0, 0.05) is 6.54 Å². The highest BCUT2D eigenvalue weighted by Gasteiger charge is 2.10. The molecule has 0 fully saturated rings. The molecule has 116 valence electrons. The zero-order valence-electron chi connectivity index (χ0n) is 14.6. The summed E-state index contributed by atoms with van der Waals surface area (Å²) in [7, 11) is 0. The quantitative estimate of drug-likeness (QED) is 0.432. The number of unbranched alkanes of at least 4 members (excludes halogenated alkanes) is 3. The van der Waals surface area contributed by atoms with E-state index in [1.54, 1.807) is 0 Å². The molecule has 0 aliphatic carbocycles. The van der Waals surface area contributed by atoms with E-state index in [0.717, 1.165) is 5.92 Å². The fraction of sp³-hybridized carbons (Fsp3) is 1.00. The maximum absolute atomic E-state index is 2.68. The molecule has 19 heavy (non-hydrogen) atoms. The molecule has 0 N–H and O–H groups in total. The van der Waals surface area contributed by atoms with Crippen molar-refractivity contribution in [2.24, 2.45) is 11.3 Å². The lowest BCUT2D eigenvalue weighted by atomic mass is 9.89. The van der Waals surface area contributed by atoms with Crippen LogP contribution in [0.4, 0.5) is 0 Å². The molecule has 0 spiro atoms. The van der Waals surface area contributed by atoms with Crippen molar-refractivity contribution in [1.82, 2.24) is 4.90 Å². The molecule has 1 heteroatoms. The second-order valence-corrected chi connectivity index (χ2v) is 7.54. The highest BCUT2D eigenvalue weighted by Crippen LogP contribution is 2.22. The summed E-state index contributed by atoms with van der Waals surface area (Å²) < 4.78 is 0. The summed E-state index contributed by atoms with van der Waals surface area (Å²) in [4.78, 5) is 2.68. The first-order valence-corrected chi connectivity index (χ1v) is 8.61. The Balaban J connectivity index is 3.63. The monoisotopic (exact) mass is 269 g/mol. The standard InChI is InChI=1S/C18H39N/c1-7-14-19(16-17(3)8-2)15-12-10-9-11-13-18(4,5)6/h17H,7-16H2,1-6H3. The van der Waals surface area contributed by atoms with Crippen LogP contribution < -0.4 is 0 Å². The van der Waals surface area contributed by atoms with Crippen molar-refractivity contribution < 1.29 is 0 Å².